The summed E-state index contributed by atoms with van der Waals surface area (Å²) in [7, 11) is 0. The highest BCUT2D eigenvalue weighted by atomic mass is 19.1. The zero-order chi connectivity index (χ0) is 16.6. The number of halogens is 2. The number of rotatable bonds is 2. The Kier molecular flexibility index (Phi) is 3.77. The zero-order valence-corrected chi connectivity index (χ0v) is 12.2. The number of hydrogen-bond donors (Lipinski definition) is 2. The summed E-state index contributed by atoms with van der Waals surface area (Å²) in [4.78, 5) is 12.6. The van der Waals surface area contributed by atoms with Gasteiger partial charge in [0, 0.05) is 13.1 Å². The van der Waals surface area contributed by atoms with Crippen LogP contribution in [0.3, 0.4) is 0 Å². The smallest absolute Gasteiger partial charge is 0.408 e. The molecule has 0 atom stereocenters. The van der Waals surface area contributed by atoms with E-state index in [0.29, 0.717) is 25.2 Å². The molecule has 5 nitrogen and oxygen atoms in total. The topological polar surface area (TPSA) is 81.6 Å². The molecule has 4 N–H and O–H groups in total. The van der Waals surface area contributed by atoms with E-state index in [2.05, 4.69) is 4.74 Å². The Morgan fingerprint density at radius 2 is 1.96 bits per heavy atom. The average Bonchev–Trinajstić information content (AvgIpc) is 2.51. The second-order valence-electron chi connectivity index (χ2n) is 5.32. The minimum atomic E-state index is -1.06. The van der Waals surface area contributed by atoms with Crippen LogP contribution in [-0.2, 0) is 13.0 Å². The number of nitrogen functional groups attached to an aromatic ring is 1. The molecular weight excluding hydrogens is 304 g/mol. The number of ether oxygens (including phenoxy) is 1. The van der Waals surface area contributed by atoms with Crippen molar-refractivity contribution in [3.05, 3.63) is 53.1 Å². The molecule has 0 saturated heterocycles. The number of carbonyl (C=O) groups excluding carboxylic acids is 1. The van der Waals surface area contributed by atoms with Gasteiger partial charge in [0.2, 0.25) is 0 Å². The fraction of sp³-hybridized carbons (Fsp3) is 0.188. The first kappa shape index (κ1) is 15.1. The Balaban J connectivity index is 1.90. The predicted molar refractivity (Wildman–Crippen MR) is 82.2 cm³/mol. The highest BCUT2D eigenvalue weighted by Crippen LogP contribution is 2.34. The molecule has 1 aliphatic heterocycles. The van der Waals surface area contributed by atoms with E-state index in [0.717, 1.165) is 11.1 Å². The average molecular weight is 319 g/mol. The molecule has 23 heavy (non-hydrogen) atoms. The van der Waals surface area contributed by atoms with Crippen LogP contribution in [0, 0.1) is 11.6 Å². The second kappa shape index (κ2) is 5.75. The first-order valence-corrected chi connectivity index (χ1v) is 7.03. The number of nitrogens with two attached hydrogens (primary N) is 2. The molecule has 1 amide bonds. The lowest BCUT2D eigenvalue weighted by Crippen LogP contribution is -2.31. The van der Waals surface area contributed by atoms with E-state index in [-0.39, 0.29) is 17.3 Å². The quantitative estimate of drug-likeness (QED) is 0.834. The molecule has 0 aromatic heterocycles. The number of fused-ring (bicyclic) bond motifs is 1. The van der Waals surface area contributed by atoms with Gasteiger partial charge in [0.1, 0.15) is 11.5 Å². The molecule has 0 unspecified atom stereocenters. The van der Waals surface area contributed by atoms with Gasteiger partial charge in [-0.1, -0.05) is 6.07 Å². The largest absolute Gasteiger partial charge is 0.410 e. The molecule has 2 aromatic rings. The minimum Gasteiger partial charge on any atom is -0.408 e. The first-order valence-electron chi connectivity index (χ1n) is 7.03. The van der Waals surface area contributed by atoms with Gasteiger partial charge in [0.15, 0.2) is 11.6 Å². The normalized spacial score (nSPS) is 13.6. The van der Waals surface area contributed by atoms with Crippen LogP contribution in [0.1, 0.15) is 11.1 Å². The van der Waals surface area contributed by atoms with E-state index in [1.165, 1.54) is 24.3 Å². The fourth-order valence-corrected chi connectivity index (χ4v) is 2.73. The van der Waals surface area contributed by atoms with Crippen LogP contribution in [0.2, 0.25) is 0 Å². The Hall–Kier alpha value is -2.83. The van der Waals surface area contributed by atoms with E-state index in [9.17, 15) is 13.6 Å². The summed E-state index contributed by atoms with van der Waals surface area (Å²) < 4.78 is 32.4. The standard InChI is InChI=1S/C16H15F2N3O2/c17-11-2-1-10-8-21(6-5-9(10)7-11)12-3-4-13(23-16(20)22)15(19)14(12)18/h1-4,7H,5-6,8,19H2,(H2,20,22). The Morgan fingerprint density at radius 3 is 2.70 bits per heavy atom. The van der Waals surface area contributed by atoms with Crippen molar-refractivity contribution in [2.45, 2.75) is 13.0 Å². The summed E-state index contributed by atoms with van der Waals surface area (Å²) in [6.07, 6.45) is -0.454. The molecule has 2 aromatic carbocycles. The van der Waals surface area contributed by atoms with Crippen molar-refractivity contribution in [2.24, 2.45) is 5.73 Å². The lowest BCUT2D eigenvalue weighted by molar-refractivity contribution is 0.211. The van der Waals surface area contributed by atoms with Crippen LogP contribution in [0.4, 0.5) is 25.0 Å². The van der Waals surface area contributed by atoms with Crippen LogP contribution in [0.25, 0.3) is 0 Å². The molecular formula is C16H15F2N3O2. The molecule has 1 aliphatic rings. The maximum Gasteiger partial charge on any atom is 0.410 e. The van der Waals surface area contributed by atoms with Gasteiger partial charge in [-0.25, -0.2) is 13.6 Å². The maximum atomic E-state index is 14.5. The van der Waals surface area contributed by atoms with Crippen LogP contribution in [0.5, 0.6) is 5.75 Å². The Bertz CT molecular complexity index is 780. The van der Waals surface area contributed by atoms with Gasteiger partial charge in [0.05, 0.1) is 5.69 Å². The van der Waals surface area contributed by atoms with Crippen LogP contribution >= 0.6 is 0 Å². The lowest BCUT2D eigenvalue weighted by atomic mass is 9.99. The van der Waals surface area contributed by atoms with E-state index in [1.807, 2.05) is 0 Å². The molecule has 0 saturated carbocycles. The summed E-state index contributed by atoms with van der Waals surface area (Å²) in [5.41, 5.74) is 12.5. The molecule has 0 radical (unpaired) electrons. The molecule has 3 rings (SSSR count). The minimum absolute atomic E-state index is 0.113. The molecule has 1 heterocycles. The van der Waals surface area contributed by atoms with Gasteiger partial charge in [-0.05, 0) is 41.8 Å². The summed E-state index contributed by atoms with van der Waals surface area (Å²) in [6.45, 7) is 0.977. The highest BCUT2D eigenvalue weighted by Gasteiger charge is 2.22. The third-order valence-electron chi connectivity index (χ3n) is 3.85. The van der Waals surface area contributed by atoms with Gasteiger partial charge < -0.3 is 21.1 Å². The van der Waals surface area contributed by atoms with Crippen molar-refractivity contribution < 1.29 is 18.3 Å². The number of anilines is 2. The summed E-state index contributed by atoms with van der Waals surface area (Å²) >= 11 is 0. The van der Waals surface area contributed by atoms with Gasteiger partial charge in [0.25, 0.3) is 0 Å². The molecule has 0 fully saturated rings. The molecule has 7 heteroatoms. The number of benzene rings is 2. The molecule has 120 valence electrons. The summed E-state index contributed by atoms with van der Waals surface area (Å²) in [6, 6.07) is 7.47. The third kappa shape index (κ3) is 2.90. The van der Waals surface area contributed by atoms with Crippen molar-refractivity contribution in [1.82, 2.24) is 0 Å². The monoisotopic (exact) mass is 319 g/mol. The van der Waals surface area contributed by atoms with Gasteiger partial charge in [-0.15, -0.1) is 0 Å². The van der Waals surface area contributed by atoms with E-state index >= 15 is 0 Å². The molecule has 0 spiro atoms. The number of carbonyl (C=O) groups is 1. The SMILES string of the molecule is NC(=O)Oc1ccc(N2CCc3cc(F)ccc3C2)c(F)c1N. The van der Waals surface area contributed by atoms with Crippen molar-refractivity contribution >= 4 is 17.5 Å². The summed E-state index contributed by atoms with van der Waals surface area (Å²) in [5, 5.41) is 0. The number of primary amides is 1. The van der Waals surface area contributed by atoms with E-state index in [4.69, 9.17) is 11.5 Å². The fourth-order valence-electron chi connectivity index (χ4n) is 2.73. The molecule has 0 aliphatic carbocycles. The van der Waals surface area contributed by atoms with E-state index in [1.54, 1.807) is 11.0 Å². The van der Waals surface area contributed by atoms with Gasteiger partial charge in [-0.2, -0.15) is 0 Å². The van der Waals surface area contributed by atoms with Crippen molar-refractivity contribution in [1.29, 1.82) is 0 Å². The Morgan fingerprint density at radius 1 is 1.17 bits per heavy atom. The Labute approximate surface area is 131 Å². The van der Waals surface area contributed by atoms with Crippen molar-refractivity contribution in [3.63, 3.8) is 0 Å². The number of amides is 1. The van der Waals surface area contributed by atoms with Crippen LogP contribution in [0.15, 0.2) is 30.3 Å². The zero-order valence-electron chi connectivity index (χ0n) is 12.2. The van der Waals surface area contributed by atoms with Gasteiger partial charge in [-0.3, -0.25) is 0 Å². The maximum absolute atomic E-state index is 14.5. The number of hydrogen-bond acceptors (Lipinski definition) is 4. The van der Waals surface area contributed by atoms with Crippen molar-refractivity contribution in [2.75, 3.05) is 17.2 Å². The van der Waals surface area contributed by atoms with Crippen LogP contribution in [-0.4, -0.2) is 12.6 Å². The van der Waals surface area contributed by atoms with Gasteiger partial charge >= 0.3 is 6.09 Å². The predicted octanol–water partition coefficient (Wildman–Crippen LogP) is 2.57. The van der Waals surface area contributed by atoms with E-state index < -0.39 is 11.9 Å². The molecule has 0 bridgehead atoms. The summed E-state index contributed by atoms with van der Waals surface area (Å²) in [5.74, 6) is -1.06. The lowest BCUT2D eigenvalue weighted by Gasteiger charge is -2.31. The number of nitrogens with zero attached hydrogens (tertiary/aromatic N) is 1. The van der Waals surface area contributed by atoms with Crippen molar-refractivity contribution in [3.8, 4) is 5.75 Å². The first-order chi connectivity index (χ1) is 11.0. The second-order valence-corrected chi connectivity index (χ2v) is 5.32. The van der Waals surface area contributed by atoms with Crippen LogP contribution < -0.4 is 21.1 Å². The highest BCUT2D eigenvalue weighted by molar-refractivity contribution is 5.73. The third-order valence-corrected chi connectivity index (χ3v) is 3.85.